The van der Waals surface area contributed by atoms with Crippen LogP contribution in [0.1, 0.15) is 33.1 Å². The summed E-state index contributed by atoms with van der Waals surface area (Å²) in [5, 5.41) is 0. The van der Waals surface area contributed by atoms with Gasteiger partial charge in [-0.1, -0.05) is 12.5 Å². The van der Waals surface area contributed by atoms with E-state index >= 15 is 0 Å². The zero-order chi connectivity index (χ0) is 6.85. The van der Waals surface area contributed by atoms with E-state index in [0.29, 0.717) is 5.78 Å². The van der Waals surface area contributed by atoms with Crippen molar-refractivity contribution in [3.05, 3.63) is 11.1 Å². The third-order valence-electron chi connectivity index (χ3n) is 1.93. The molecule has 0 fully saturated rings. The van der Waals surface area contributed by atoms with E-state index in [4.69, 9.17) is 0 Å². The highest BCUT2D eigenvalue weighted by Gasteiger charge is 2.17. The molecule has 9 heavy (non-hydrogen) atoms. The second-order valence-corrected chi connectivity index (χ2v) is 2.54. The van der Waals surface area contributed by atoms with E-state index < -0.39 is 0 Å². The molecule has 0 N–H and O–H groups in total. The molecule has 0 heterocycles. The number of Topliss-reactive ketones (excluding diaryl/α,β-unsaturated/α-hetero) is 1. The quantitative estimate of drug-likeness (QED) is 0.523. The summed E-state index contributed by atoms with van der Waals surface area (Å²) in [6.07, 6.45) is 2.68. The fraction of sp³-hybridized carbons (Fsp3) is 0.625. The van der Waals surface area contributed by atoms with Crippen molar-refractivity contribution in [1.82, 2.24) is 0 Å². The molecule has 0 saturated heterocycles. The van der Waals surface area contributed by atoms with E-state index in [0.717, 1.165) is 24.8 Å². The van der Waals surface area contributed by atoms with Crippen molar-refractivity contribution in [1.29, 1.82) is 0 Å². The number of hydrogen-bond donors (Lipinski definition) is 0. The minimum absolute atomic E-state index is 0.370. The molecular weight excluding hydrogens is 112 g/mol. The molecule has 1 rings (SSSR count). The molecule has 0 aliphatic heterocycles. The van der Waals surface area contributed by atoms with E-state index in [2.05, 4.69) is 6.92 Å². The smallest absolute Gasteiger partial charge is 0.159 e. The lowest BCUT2D eigenvalue weighted by molar-refractivity contribution is -0.115. The van der Waals surface area contributed by atoms with E-state index in [-0.39, 0.29) is 0 Å². The second kappa shape index (κ2) is 2.34. The van der Waals surface area contributed by atoms with E-state index in [9.17, 15) is 4.79 Å². The first-order valence-electron chi connectivity index (χ1n) is 3.47. The van der Waals surface area contributed by atoms with Gasteiger partial charge < -0.3 is 0 Å². The number of rotatable bonds is 1. The standard InChI is InChI=1S/C8H12O/c1-3-7-6(2)4-5-8(7)9/h3-5H2,1-2H3. The number of carbonyl (C=O) groups excluding carboxylic acids is 1. The monoisotopic (exact) mass is 124 g/mol. The number of carbonyl (C=O) groups is 1. The number of ketones is 1. The summed E-state index contributed by atoms with van der Waals surface area (Å²) >= 11 is 0. The Hall–Kier alpha value is -0.590. The third kappa shape index (κ3) is 1.04. The Morgan fingerprint density at radius 2 is 2.11 bits per heavy atom. The van der Waals surface area contributed by atoms with Crippen LogP contribution in [0, 0.1) is 0 Å². The van der Waals surface area contributed by atoms with Gasteiger partial charge in [-0.2, -0.15) is 0 Å². The average Bonchev–Trinajstić information content (AvgIpc) is 2.12. The van der Waals surface area contributed by atoms with Gasteiger partial charge in [0.2, 0.25) is 0 Å². The number of hydrogen-bond acceptors (Lipinski definition) is 1. The van der Waals surface area contributed by atoms with Gasteiger partial charge in [0.15, 0.2) is 5.78 Å². The van der Waals surface area contributed by atoms with Gasteiger partial charge in [0, 0.05) is 6.42 Å². The Bertz CT molecular complexity index is 165. The molecule has 0 saturated carbocycles. The predicted molar refractivity (Wildman–Crippen MR) is 37.2 cm³/mol. The van der Waals surface area contributed by atoms with E-state index in [1.807, 2.05) is 6.92 Å². The van der Waals surface area contributed by atoms with Crippen LogP contribution in [-0.4, -0.2) is 5.78 Å². The lowest BCUT2D eigenvalue weighted by atomic mass is 10.1. The molecule has 0 aromatic heterocycles. The minimum atomic E-state index is 0.370. The van der Waals surface area contributed by atoms with Crippen LogP contribution in [0.15, 0.2) is 11.1 Å². The Morgan fingerprint density at radius 1 is 1.44 bits per heavy atom. The summed E-state index contributed by atoms with van der Waals surface area (Å²) in [6.45, 7) is 4.10. The van der Waals surface area contributed by atoms with Gasteiger partial charge in [-0.15, -0.1) is 0 Å². The molecular formula is C8H12O. The Kier molecular flexibility index (Phi) is 1.70. The molecule has 1 aliphatic rings. The van der Waals surface area contributed by atoms with E-state index in [1.165, 1.54) is 5.57 Å². The zero-order valence-corrected chi connectivity index (χ0v) is 6.03. The molecule has 0 bridgehead atoms. The molecule has 0 aromatic rings. The Morgan fingerprint density at radius 3 is 2.33 bits per heavy atom. The van der Waals surface area contributed by atoms with Crippen molar-refractivity contribution in [3.8, 4) is 0 Å². The van der Waals surface area contributed by atoms with Crippen molar-refractivity contribution in [2.24, 2.45) is 0 Å². The fourth-order valence-corrected chi connectivity index (χ4v) is 1.34. The van der Waals surface area contributed by atoms with Crippen LogP contribution in [0.3, 0.4) is 0 Å². The number of allylic oxidation sites excluding steroid dienone is 2. The molecule has 1 aliphatic carbocycles. The molecule has 1 nitrogen and oxygen atoms in total. The zero-order valence-electron chi connectivity index (χ0n) is 6.03. The van der Waals surface area contributed by atoms with Crippen molar-refractivity contribution in [2.75, 3.05) is 0 Å². The summed E-state index contributed by atoms with van der Waals surface area (Å²) in [5.41, 5.74) is 2.39. The van der Waals surface area contributed by atoms with Crippen molar-refractivity contribution < 1.29 is 4.79 Å². The van der Waals surface area contributed by atoms with Crippen LogP contribution in [0.5, 0.6) is 0 Å². The SMILES string of the molecule is CCC1=C(C)CCC1=O. The van der Waals surface area contributed by atoms with Gasteiger partial charge in [0.1, 0.15) is 0 Å². The second-order valence-electron chi connectivity index (χ2n) is 2.54. The Labute approximate surface area is 55.8 Å². The highest BCUT2D eigenvalue weighted by molar-refractivity contribution is 5.98. The molecule has 0 aromatic carbocycles. The van der Waals surface area contributed by atoms with Crippen LogP contribution in [0.25, 0.3) is 0 Å². The third-order valence-corrected chi connectivity index (χ3v) is 1.93. The topological polar surface area (TPSA) is 17.1 Å². The first-order chi connectivity index (χ1) is 4.25. The molecule has 0 atom stereocenters. The van der Waals surface area contributed by atoms with Gasteiger partial charge in [-0.05, 0) is 25.3 Å². The molecule has 0 unspecified atom stereocenters. The van der Waals surface area contributed by atoms with Gasteiger partial charge in [-0.3, -0.25) is 4.79 Å². The highest BCUT2D eigenvalue weighted by Crippen LogP contribution is 2.23. The molecule has 0 radical (unpaired) electrons. The van der Waals surface area contributed by atoms with E-state index in [1.54, 1.807) is 0 Å². The summed E-state index contributed by atoms with van der Waals surface area (Å²) in [7, 11) is 0. The largest absolute Gasteiger partial charge is 0.295 e. The van der Waals surface area contributed by atoms with Gasteiger partial charge in [0.25, 0.3) is 0 Å². The van der Waals surface area contributed by atoms with Crippen molar-refractivity contribution in [2.45, 2.75) is 33.1 Å². The summed E-state index contributed by atoms with van der Waals surface area (Å²) in [5.74, 6) is 0.370. The van der Waals surface area contributed by atoms with Crippen molar-refractivity contribution in [3.63, 3.8) is 0 Å². The van der Waals surface area contributed by atoms with Gasteiger partial charge >= 0.3 is 0 Å². The first-order valence-corrected chi connectivity index (χ1v) is 3.47. The van der Waals surface area contributed by atoms with Crippen LogP contribution in [0.2, 0.25) is 0 Å². The lowest BCUT2D eigenvalue weighted by Gasteiger charge is -1.93. The first kappa shape index (κ1) is 6.53. The fourth-order valence-electron chi connectivity index (χ4n) is 1.34. The maximum atomic E-state index is 11.0. The summed E-state index contributed by atoms with van der Waals surface area (Å²) in [6, 6.07) is 0. The highest BCUT2D eigenvalue weighted by atomic mass is 16.1. The molecule has 1 heteroatoms. The molecule has 0 amide bonds. The van der Waals surface area contributed by atoms with Gasteiger partial charge in [-0.25, -0.2) is 0 Å². The Balaban J connectivity index is 2.82. The lowest BCUT2D eigenvalue weighted by Crippen LogP contribution is -1.93. The van der Waals surface area contributed by atoms with Gasteiger partial charge in [0.05, 0.1) is 0 Å². The maximum absolute atomic E-state index is 11.0. The van der Waals surface area contributed by atoms with Crippen LogP contribution < -0.4 is 0 Å². The maximum Gasteiger partial charge on any atom is 0.159 e. The minimum Gasteiger partial charge on any atom is -0.295 e. The molecule has 0 spiro atoms. The predicted octanol–water partition coefficient (Wildman–Crippen LogP) is 2.08. The molecule has 50 valence electrons. The average molecular weight is 124 g/mol. The van der Waals surface area contributed by atoms with Crippen LogP contribution in [0.4, 0.5) is 0 Å². The van der Waals surface area contributed by atoms with Crippen LogP contribution >= 0.6 is 0 Å². The normalized spacial score (nSPS) is 19.6. The van der Waals surface area contributed by atoms with Crippen molar-refractivity contribution >= 4 is 5.78 Å². The summed E-state index contributed by atoms with van der Waals surface area (Å²) < 4.78 is 0. The summed E-state index contributed by atoms with van der Waals surface area (Å²) in [4.78, 5) is 11.0. The van der Waals surface area contributed by atoms with Crippen LogP contribution in [-0.2, 0) is 4.79 Å².